The quantitative estimate of drug-likeness (QED) is 0.885. The van der Waals surface area contributed by atoms with E-state index in [1.807, 2.05) is 18.7 Å². The molecule has 0 bridgehead atoms. The Morgan fingerprint density at radius 3 is 2.52 bits per heavy atom. The average molecular weight is 351 g/mol. The Morgan fingerprint density at radius 2 is 1.92 bits per heavy atom. The molecule has 0 spiro atoms. The summed E-state index contributed by atoms with van der Waals surface area (Å²) in [5.74, 6) is -0.231. The van der Waals surface area contributed by atoms with E-state index in [-0.39, 0.29) is 24.4 Å². The van der Waals surface area contributed by atoms with E-state index < -0.39 is 0 Å². The number of anilines is 1. The normalized spacial score (nSPS) is 15.3. The number of nitrogens with one attached hydrogen (secondary N) is 1. The van der Waals surface area contributed by atoms with E-state index in [2.05, 4.69) is 5.32 Å². The van der Waals surface area contributed by atoms with E-state index in [1.54, 1.807) is 24.0 Å². The van der Waals surface area contributed by atoms with Crippen LogP contribution in [0, 0.1) is 18.7 Å². The minimum atomic E-state index is -0.341. The predicted molar refractivity (Wildman–Crippen MR) is 94.0 cm³/mol. The second-order valence-electron chi connectivity index (χ2n) is 6.75. The molecular formula is C18H26FN3O3. The van der Waals surface area contributed by atoms with Crippen LogP contribution in [0.1, 0.15) is 19.4 Å². The van der Waals surface area contributed by atoms with Gasteiger partial charge in [-0.15, -0.1) is 0 Å². The van der Waals surface area contributed by atoms with Gasteiger partial charge in [0.2, 0.25) is 5.91 Å². The fraction of sp³-hybridized carbons (Fsp3) is 0.556. The summed E-state index contributed by atoms with van der Waals surface area (Å²) >= 11 is 0. The molecule has 1 heterocycles. The third-order valence-electron chi connectivity index (χ3n) is 3.99. The Morgan fingerprint density at radius 1 is 1.24 bits per heavy atom. The van der Waals surface area contributed by atoms with Gasteiger partial charge in [-0.25, -0.2) is 9.18 Å². The van der Waals surface area contributed by atoms with Crippen molar-refractivity contribution in [2.75, 3.05) is 44.6 Å². The van der Waals surface area contributed by atoms with E-state index in [4.69, 9.17) is 4.74 Å². The van der Waals surface area contributed by atoms with Crippen molar-refractivity contribution < 1.29 is 18.7 Å². The molecule has 0 unspecified atom stereocenters. The number of ether oxygens (including phenoxy) is 1. The first kappa shape index (κ1) is 19.2. The summed E-state index contributed by atoms with van der Waals surface area (Å²) in [5, 5.41) is 2.70. The van der Waals surface area contributed by atoms with Crippen LogP contribution in [-0.4, -0.2) is 61.1 Å². The fourth-order valence-electron chi connectivity index (χ4n) is 2.49. The second-order valence-corrected chi connectivity index (χ2v) is 6.75. The van der Waals surface area contributed by atoms with Gasteiger partial charge in [0.05, 0.1) is 13.2 Å². The first-order valence-corrected chi connectivity index (χ1v) is 8.55. The highest BCUT2D eigenvalue weighted by molar-refractivity contribution is 5.92. The van der Waals surface area contributed by atoms with E-state index in [0.717, 1.165) is 0 Å². The molecule has 7 heteroatoms. The number of piperazine rings is 1. The number of nitrogens with zero attached hydrogens (tertiary/aromatic N) is 2. The molecular weight excluding hydrogens is 325 g/mol. The molecule has 0 atom stereocenters. The van der Waals surface area contributed by atoms with Gasteiger partial charge in [0.1, 0.15) is 5.82 Å². The SMILES string of the molecule is Cc1ccc(NC(=O)CN2CCN(C(=O)OCC(C)C)CC2)cc1F. The Bertz CT molecular complexity index is 614. The number of carbonyl (C=O) groups is 2. The summed E-state index contributed by atoms with van der Waals surface area (Å²) in [7, 11) is 0. The lowest BCUT2D eigenvalue weighted by molar-refractivity contribution is -0.117. The van der Waals surface area contributed by atoms with Crippen molar-refractivity contribution in [3.05, 3.63) is 29.6 Å². The lowest BCUT2D eigenvalue weighted by Crippen LogP contribution is -2.50. The zero-order chi connectivity index (χ0) is 18.4. The standard InChI is InChI=1S/C18H26FN3O3/c1-13(2)12-25-18(24)22-8-6-21(7-9-22)11-17(23)20-15-5-4-14(3)16(19)10-15/h4-5,10,13H,6-9,11-12H2,1-3H3,(H,20,23). The lowest BCUT2D eigenvalue weighted by Gasteiger charge is -2.33. The number of rotatable bonds is 5. The summed E-state index contributed by atoms with van der Waals surface area (Å²) in [6, 6.07) is 4.63. The third kappa shape index (κ3) is 6.01. The predicted octanol–water partition coefficient (Wildman–Crippen LogP) is 2.48. The summed E-state index contributed by atoms with van der Waals surface area (Å²) in [6.07, 6.45) is -0.298. The van der Waals surface area contributed by atoms with E-state index >= 15 is 0 Å². The van der Waals surface area contributed by atoms with E-state index in [9.17, 15) is 14.0 Å². The highest BCUT2D eigenvalue weighted by Crippen LogP contribution is 2.13. The zero-order valence-corrected chi connectivity index (χ0v) is 15.0. The maximum atomic E-state index is 13.5. The van der Waals surface area contributed by atoms with Crippen molar-refractivity contribution >= 4 is 17.7 Å². The summed E-state index contributed by atoms with van der Waals surface area (Å²) < 4.78 is 18.7. The third-order valence-corrected chi connectivity index (χ3v) is 3.99. The van der Waals surface area contributed by atoms with Crippen LogP contribution >= 0.6 is 0 Å². The Balaban J connectivity index is 1.74. The van der Waals surface area contributed by atoms with Crippen LogP contribution in [0.5, 0.6) is 0 Å². The van der Waals surface area contributed by atoms with Gasteiger partial charge in [0.15, 0.2) is 0 Å². The highest BCUT2D eigenvalue weighted by atomic mass is 19.1. The molecule has 0 aliphatic carbocycles. The molecule has 25 heavy (non-hydrogen) atoms. The van der Waals surface area contributed by atoms with Gasteiger partial charge in [-0.05, 0) is 30.5 Å². The number of amides is 2. The molecule has 1 fully saturated rings. The Kier molecular flexibility index (Phi) is 6.75. The maximum absolute atomic E-state index is 13.5. The van der Waals surface area contributed by atoms with Gasteiger partial charge < -0.3 is 15.0 Å². The van der Waals surface area contributed by atoms with E-state index in [0.29, 0.717) is 50.0 Å². The van der Waals surface area contributed by atoms with Crippen LogP contribution in [0.3, 0.4) is 0 Å². The van der Waals surface area contributed by atoms with Gasteiger partial charge in [0.25, 0.3) is 0 Å². The molecule has 6 nitrogen and oxygen atoms in total. The monoisotopic (exact) mass is 351 g/mol. The van der Waals surface area contributed by atoms with Crippen LogP contribution in [0.25, 0.3) is 0 Å². The van der Waals surface area contributed by atoms with Gasteiger partial charge in [-0.3, -0.25) is 9.69 Å². The zero-order valence-electron chi connectivity index (χ0n) is 15.0. The second kappa shape index (κ2) is 8.80. The summed E-state index contributed by atoms with van der Waals surface area (Å²) in [4.78, 5) is 27.6. The van der Waals surface area contributed by atoms with Crippen LogP contribution in [-0.2, 0) is 9.53 Å². The molecule has 1 aliphatic rings. The topological polar surface area (TPSA) is 61.9 Å². The van der Waals surface area contributed by atoms with Crippen LogP contribution in [0.15, 0.2) is 18.2 Å². The van der Waals surface area contributed by atoms with E-state index in [1.165, 1.54) is 6.07 Å². The minimum Gasteiger partial charge on any atom is -0.449 e. The molecule has 1 N–H and O–H groups in total. The number of aryl methyl sites for hydroxylation is 1. The van der Waals surface area contributed by atoms with Crippen molar-refractivity contribution in [1.29, 1.82) is 0 Å². The molecule has 0 radical (unpaired) electrons. The molecule has 0 aromatic heterocycles. The number of hydrogen-bond acceptors (Lipinski definition) is 4. The Hall–Kier alpha value is -2.15. The summed E-state index contributed by atoms with van der Waals surface area (Å²) in [5.41, 5.74) is 0.988. The van der Waals surface area contributed by atoms with Crippen LogP contribution in [0.4, 0.5) is 14.9 Å². The number of benzene rings is 1. The average Bonchev–Trinajstić information content (AvgIpc) is 2.56. The fourth-order valence-corrected chi connectivity index (χ4v) is 2.49. The van der Waals surface area contributed by atoms with Crippen LogP contribution in [0.2, 0.25) is 0 Å². The number of hydrogen-bond donors (Lipinski definition) is 1. The largest absolute Gasteiger partial charge is 0.449 e. The molecule has 1 saturated heterocycles. The minimum absolute atomic E-state index is 0.195. The molecule has 138 valence electrons. The van der Waals surface area contributed by atoms with Crippen molar-refractivity contribution in [3.63, 3.8) is 0 Å². The summed E-state index contributed by atoms with van der Waals surface area (Å²) in [6.45, 7) is 8.55. The van der Waals surface area contributed by atoms with Crippen molar-refractivity contribution in [3.8, 4) is 0 Å². The van der Waals surface area contributed by atoms with Gasteiger partial charge >= 0.3 is 6.09 Å². The molecule has 2 amide bonds. The van der Waals surface area contributed by atoms with Crippen LogP contribution < -0.4 is 5.32 Å². The molecule has 1 aliphatic heterocycles. The molecule has 1 aromatic carbocycles. The smallest absolute Gasteiger partial charge is 0.409 e. The highest BCUT2D eigenvalue weighted by Gasteiger charge is 2.23. The molecule has 0 saturated carbocycles. The first-order valence-electron chi connectivity index (χ1n) is 8.55. The van der Waals surface area contributed by atoms with Gasteiger partial charge in [-0.2, -0.15) is 0 Å². The first-order chi connectivity index (χ1) is 11.8. The maximum Gasteiger partial charge on any atom is 0.409 e. The van der Waals surface area contributed by atoms with Gasteiger partial charge in [-0.1, -0.05) is 19.9 Å². The van der Waals surface area contributed by atoms with Crippen molar-refractivity contribution in [2.24, 2.45) is 5.92 Å². The van der Waals surface area contributed by atoms with Crippen molar-refractivity contribution in [2.45, 2.75) is 20.8 Å². The van der Waals surface area contributed by atoms with Gasteiger partial charge in [0, 0.05) is 31.9 Å². The number of halogens is 1. The Labute approximate surface area is 147 Å². The molecule has 1 aromatic rings. The number of carbonyl (C=O) groups excluding carboxylic acids is 2. The van der Waals surface area contributed by atoms with Crippen molar-refractivity contribution in [1.82, 2.24) is 9.80 Å². The lowest BCUT2D eigenvalue weighted by atomic mass is 10.2. The molecule has 2 rings (SSSR count).